The summed E-state index contributed by atoms with van der Waals surface area (Å²) in [6, 6.07) is 4.03. The second-order valence-electron chi connectivity index (χ2n) is 9.26. The van der Waals surface area contributed by atoms with Gasteiger partial charge >= 0.3 is 0 Å². The van der Waals surface area contributed by atoms with Crippen molar-refractivity contribution in [1.82, 2.24) is 10.4 Å². The number of carbonyl (C=O) groups is 1. The van der Waals surface area contributed by atoms with Crippen molar-refractivity contribution in [3.63, 3.8) is 0 Å². The summed E-state index contributed by atoms with van der Waals surface area (Å²) < 4.78 is 5.68. The van der Waals surface area contributed by atoms with Gasteiger partial charge in [0.25, 0.3) is 5.91 Å². The molecule has 1 aromatic rings. The Bertz CT molecular complexity index is 1290. The van der Waals surface area contributed by atoms with Crippen LogP contribution in [-0.2, 0) is 9.63 Å². The molecule has 39 heavy (non-hydrogen) atoms. The summed E-state index contributed by atoms with van der Waals surface area (Å²) in [5.41, 5.74) is 10.8. The Labute approximate surface area is 239 Å². The molecule has 0 saturated carbocycles. The minimum absolute atomic E-state index is 0.206. The molecule has 3 aliphatic rings. The third kappa shape index (κ3) is 6.86. The lowest BCUT2D eigenvalue weighted by Gasteiger charge is -2.31. The van der Waals surface area contributed by atoms with Gasteiger partial charge in [-0.1, -0.05) is 41.4 Å². The molecule has 0 atom stereocenters. The number of hydrogen-bond donors (Lipinski definition) is 3. The van der Waals surface area contributed by atoms with Gasteiger partial charge in [0.1, 0.15) is 5.75 Å². The summed E-state index contributed by atoms with van der Waals surface area (Å²) in [5.74, 6) is 0.635. The number of nitrogens with two attached hydrogens (primary N) is 1. The van der Waals surface area contributed by atoms with Crippen LogP contribution in [-0.4, -0.2) is 63.9 Å². The zero-order valence-electron chi connectivity index (χ0n) is 22.4. The number of rotatable bonds is 6. The minimum atomic E-state index is -0.335. The summed E-state index contributed by atoms with van der Waals surface area (Å²) in [7, 11) is 3.11. The highest BCUT2D eigenvalue weighted by atomic mass is 35.5. The number of guanidine groups is 1. The van der Waals surface area contributed by atoms with Crippen molar-refractivity contribution in [3.05, 3.63) is 75.0 Å². The van der Waals surface area contributed by atoms with E-state index in [4.69, 9.17) is 38.5 Å². The van der Waals surface area contributed by atoms with Crippen LogP contribution in [0.3, 0.4) is 0 Å². The Hall–Kier alpha value is -3.24. The van der Waals surface area contributed by atoms with E-state index in [9.17, 15) is 4.79 Å². The van der Waals surface area contributed by atoms with E-state index in [1.165, 1.54) is 12.2 Å². The lowest BCUT2D eigenvalue weighted by molar-refractivity contribution is -0.168. The summed E-state index contributed by atoms with van der Waals surface area (Å²) in [4.78, 5) is 25.4. The van der Waals surface area contributed by atoms with Crippen molar-refractivity contribution in [2.75, 3.05) is 57.2 Å². The second kappa shape index (κ2) is 13.2. The fourth-order valence-corrected chi connectivity index (χ4v) is 5.21. The topological polar surface area (TPSA) is 104 Å². The average Bonchev–Trinajstić information content (AvgIpc) is 3.20. The van der Waals surface area contributed by atoms with Gasteiger partial charge in [0.15, 0.2) is 5.96 Å². The van der Waals surface area contributed by atoms with Gasteiger partial charge in [-0.3, -0.25) is 9.63 Å². The van der Waals surface area contributed by atoms with Crippen LogP contribution in [0.4, 0.5) is 11.4 Å². The number of amides is 1. The average molecular weight is 574 g/mol. The Morgan fingerprint density at radius 2 is 1.97 bits per heavy atom. The van der Waals surface area contributed by atoms with E-state index in [0.29, 0.717) is 34.1 Å². The molecule has 4 N–H and O–H groups in total. The number of aliphatic imine (C=N–C) groups is 1. The number of aryl methyl sites for hydroxylation is 1. The Morgan fingerprint density at radius 1 is 1.21 bits per heavy atom. The van der Waals surface area contributed by atoms with Crippen LogP contribution in [0.5, 0.6) is 5.75 Å². The molecule has 2 heterocycles. The zero-order chi connectivity index (χ0) is 27.9. The summed E-state index contributed by atoms with van der Waals surface area (Å²) >= 11 is 12.9. The lowest BCUT2D eigenvalue weighted by Crippen LogP contribution is -2.43. The van der Waals surface area contributed by atoms with Crippen LogP contribution in [0.1, 0.15) is 18.4 Å². The largest absolute Gasteiger partial charge is 0.495 e. The number of methoxy groups -OCH3 is 1. The van der Waals surface area contributed by atoms with Crippen LogP contribution < -0.4 is 26.0 Å². The van der Waals surface area contributed by atoms with Crippen LogP contribution >= 0.6 is 23.2 Å². The maximum Gasteiger partial charge on any atom is 0.278 e. The van der Waals surface area contributed by atoms with Crippen molar-refractivity contribution in [2.24, 2.45) is 10.7 Å². The molecule has 0 bridgehead atoms. The van der Waals surface area contributed by atoms with E-state index >= 15 is 0 Å². The lowest BCUT2D eigenvalue weighted by atomic mass is 10.0. The molecule has 0 radical (unpaired) electrons. The van der Waals surface area contributed by atoms with Crippen LogP contribution in [0.2, 0.25) is 0 Å². The zero-order valence-corrected chi connectivity index (χ0v) is 23.9. The predicted molar refractivity (Wildman–Crippen MR) is 158 cm³/mol. The van der Waals surface area contributed by atoms with Gasteiger partial charge in [-0.05, 0) is 43.0 Å². The molecule has 1 amide bonds. The van der Waals surface area contributed by atoms with Gasteiger partial charge in [-0.25, -0.2) is 10.1 Å². The number of piperazine rings is 1. The first-order valence-corrected chi connectivity index (χ1v) is 13.5. The van der Waals surface area contributed by atoms with Crippen LogP contribution in [0, 0.1) is 6.92 Å². The molecule has 0 unspecified atom stereocenters. The van der Waals surface area contributed by atoms with E-state index in [1.54, 1.807) is 25.5 Å². The second-order valence-corrected chi connectivity index (χ2v) is 10.1. The monoisotopic (exact) mass is 572 g/mol. The normalized spacial score (nSPS) is 20.1. The summed E-state index contributed by atoms with van der Waals surface area (Å²) in [5, 5.41) is 8.62. The minimum Gasteiger partial charge on any atom is -0.495 e. The maximum absolute atomic E-state index is 13.3. The number of carbonyl (C=O) groups excluding carboxylic acids is 1. The molecule has 0 spiro atoms. The number of hydrogen-bond acceptors (Lipinski definition) is 6. The van der Waals surface area contributed by atoms with E-state index in [0.717, 1.165) is 54.4 Å². The molecular weight excluding hydrogens is 539 g/mol. The van der Waals surface area contributed by atoms with E-state index < -0.39 is 0 Å². The fourth-order valence-electron chi connectivity index (χ4n) is 4.58. The third-order valence-electron chi connectivity index (χ3n) is 6.67. The molecule has 2 aliphatic heterocycles. The molecule has 0 aromatic heterocycles. The van der Waals surface area contributed by atoms with E-state index in [-0.39, 0.29) is 18.4 Å². The standard InChI is InChI=1S/C28H34Cl2N6O3/c1-18-14-24(35-12-10-32-11-13-35)25(38-2)15-23(18)34-28(31)33-16-19-8-9-20(27(37)36(17-19)39-3)26-21(29)6-4-5-7-22(26)30/h4,6-7,9,14-16,32H,5,8,10-13,17H2,1-3H3,(H3,31,33,34)/b19-16-. The van der Waals surface area contributed by atoms with Gasteiger partial charge in [0.2, 0.25) is 0 Å². The maximum atomic E-state index is 13.3. The highest BCUT2D eigenvalue weighted by Crippen LogP contribution is 2.35. The highest BCUT2D eigenvalue weighted by molar-refractivity contribution is 6.38. The summed E-state index contributed by atoms with van der Waals surface area (Å²) in [6.45, 7) is 5.93. The number of nitrogens with one attached hydrogen (secondary N) is 2. The quantitative estimate of drug-likeness (QED) is 0.344. The molecule has 1 fully saturated rings. The molecule has 1 saturated heterocycles. The molecular formula is C28H34Cl2N6O3. The summed E-state index contributed by atoms with van der Waals surface area (Å²) in [6.07, 6.45) is 9.96. The Morgan fingerprint density at radius 3 is 2.69 bits per heavy atom. The SMILES string of the molecule is COc1cc(NC(N)=N/C=C2/CC=C(C3=C(Cl)C=CCC=C3Cl)C(=O)N(OC)C2)c(C)cc1N1CCNCC1. The van der Waals surface area contributed by atoms with Gasteiger partial charge in [-0.2, -0.15) is 0 Å². The number of anilines is 2. The van der Waals surface area contributed by atoms with Gasteiger partial charge < -0.3 is 26.0 Å². The molecule has 9 nitrogen and oxygen atoms in total. The third-order valence-corrected chi connectivity index (χ3v) is 7.33. The Kier molecular flexibility index (Phi) is 9.74. The number of allylic oxidation sites excluding steroid dienone is 6. The van der Waals surface area contributed by atoms with Crippen molar-refractivity contribution < 1.29 is 14.4 Å². The number of benzene rings is 1. The van der Waals surface area contributed by atoms with Crippen molar-refractivity contribution in [3.8, 4) is 5.75 Å². The fraction of sp³-hybridized carbons (Fsp3) is 0.357. The van der Waals surface area contributed by atoms with Crippen LogP contribution in [0.25, 0.3) is 0 Å². The van der Waals surface area contributed by atoms with E-state index in [1.807, 2.05) is 25.1 Å². The molecule has 208 valence electrons. The number of halogens is 2. The number of hydroxylamine groups is 2. The van der Waals surface area contributed by atoms with Gasteiger partial charge in [0, 0.05) is 65.3 Å². The first-order chi connectivity index (χ1) is 18.8. The van der Waals surface area contributed by atoms with Crippen molar-refractivity contribution in [1.29, 1.82) is 0 Å². The first kappa shape index (κ1) is 28.8. The van der Waals surface area contributed by atoms with Crippen molar-refractivity contribution in [2.45, 2.75) is 19.8 Å². The number of nitrogens with zero attached hydrogens (tertiary/aromatic N) is 3. The van der Waals surface area contributed by atoms with Gasteiger partial charge in [-0.15, -0.1) is 0 Å². The van der Waals surface area contributed by atoms with Gasteiger partial charge in [0.05, 0.1) is 26.5 Å². The highest BCUT2D eigenvalue weighted by Gasteiger charge is 2.28. The molecule has 1 aromatic carbocycles. The molecule has 1 aliphatic carbocycles. The van der Waals surface area contributed by atoms with Crippen LogP contribution in [0.15, 0.2) is 74.4 Å². The smallest absolute Gasteiger partial charge is 0.278 e. The van der Waals surface area contributed by atoms with Crippen molar-refractivity contribution >= 4 is 46.4 Å². The number of ether oxygens (including phenoxy) is 1. The van der Waals surface area contributed by atoms with E-state index in [2.05, 4.69) is 26.6 Å². The first-order valence-electron chi connectivity index (χ1n) is 12.7. The predicted octanol–water partition coefficient (Wildman–Crippen LogP) is 4.32. The molecule has 4 rings (SSSR count). The Balaban J connectivity index is 1.56. The molecule has 11 heteroatoms.